The van der Waals surface area contributed by atoms with Crippen LogP contribution in [0, 0.1) is 0 Å². The number of alkyl halides is 3. The lowest BCUT2D eigenvalue weighted by molar-refractivity contribution is -0.170. The molecule has 1 aliphatic heterocycles. The first-order chi connectivity index (χ1) is 8.60. The number of hydrogen-bond acceptors (Lipinski definition) is 3. The number of carbonyl (C=O) groups is 1. The molecule has 1 aromatic carbocycles. The van der Waals surface area contributed by atoms with E-state index in [1.54, 1.807) is 0 Å². The van der Waals surface area contributed by atoms with E-state index in [1.807, 2.05) is 0 Å². The summed E-state index contributed by atoms with van der Waals surface area (Å²) in [6, 6.07) is 3.53. The molecular weight excluding hydrogens is 307 g/mol. The van der Waals surface area contributed by atoms with Crippen molar-refractivity contribution < 1.29 is 26.4 Å². The summed E-state index contributed by atoms with van der Waals surface area (Å²) >= 11 is 0. The number of hydrogen-bond donors (Lipinski definition) is 0. The molecule has 0 atom stereocenters. The third-order valence-electron chi connectivity index (χ3n) is 2.72. The van der Waals surface area contributed by atoms with Gasteiger partial charge in [-0.05, 0) is 24.1 Å². The summed E-state index contributed by atoms with van der Waals surface area (Å²) in [5.74, 6) is -2.02. The van der Waals surface area contributed by atoms with Crippen LogP contribution in [0.3, 0.4) is 0 Å². The molecule has 19 heavy (non-hydrogen) atoms. The molecule has 0 spiro atoms. The summed E-state index contributed by atoms with van der Waals surface area (Å²) in [7, 11) is 1.07. The Kier molecular flexibility index (Phi) is 3.26. The third-order valence-corrected chi connectivity index (χ3v) is 4.07. The van der Waals surface area contributed by atoms with Crippen molar-refractivity contribution in [1.29, 1.82) is 0 Å². The number of nitrogens with zero attached hydrogens (tertiary/aromatic N) is 1. The first-order valence-electron chi connectivity index (χ1n) is 5.07. The fourth-order valence-corrected chi connectivity index (χ4v) is 2.65. The van der Waals surface area contributed by atoms with E-state index in [0.29, 0.717) is 10.5 Å². The van der Waals surface area contributed by atoms with E-state index >= 15 is 0 Å². The third kappa shape index (κ3) is 2.69. The normalized spacial score (nSPS) is 15.5. The SMILES string of the molecule is O=C(N1CCc2ccc(S(=O)(=O)Cl)cc21)C(F)(F)F. The number of benzene rings is 1. The summed E-state index contributed by atoms with van der Waals surface area (Å²) < 4.78 is 59.5. The minimum atomic E-state index is -5.00. The van der Waals surface area contributed by atoms with E-state index in [4.69, 9.17) is 10.7 Å². The number of anilines is 1. The van der Waals surface area contributed by atoms with Gasteiger partial charge < -0.3 is 4.90 Å². The van der Waals surface area contributed by atoms with Gasteiger partial charge in [0.05, 0.1) is 4.90 Å². The molecule has 0 radical (unpaired) electrons. The number of fused-ring (bicyclic) bond motifs is 1. The molecule has 9 heteroatoms. The Balaban J connectivity index is 2.47. The fourth-order valence-electron chi connectivity index (χ4n) is 1.87. The average Bonchev–Trinajstić information content (AvgIpc) is 2.67. The monoisotopic (exact) mass is 313 g/mol. The van der Waals surface area contributed by atoms with Crippen LogP contribution in [-0.2, 0) is 20.3 Å². The molecule has 1 aromatic rings. The summed E-state index contributed by atoms with van der Waals surface area (Å²) in [5, 5.41) is 0. The molecule has 2 rings (SSSR count). The predicted molar refractivity (Wildman–Crippen MR) is 61.6 cm³/mol. The largest absolute Gasteiger partial charge is 0.471 e. The predicted octanol–water partition coefficient (Wildman–Crippen LogP) is 2.07. The highest BCUT2D eigenvalue weighted by atomic mass is 35.7. The van der Waals surface area contributed by atoms with E-state index in [9.17, 15) is 26.4 Å². The number of carbonyl (C=O) groups excluding carboxylic acids is 1. The minimum absolute atomic E-state index is 0.0657. The van der Waals surface area contributed by atoms with E-state index in [1.165, 1.54) is 12.1 Å². The molecule has 1 amide bonds. The number of amides is 1. The number of rotatable bonds is 1. The van der Waals surface area contributed by atoms with Gasteiger partial charge in [-0.25, -0.2) is 8.42 Å². The van der Waals surface area contributed by atoms with Gasteiger partial charge in [0, 0.05) is 22.9 Å². The lowest BCUT2D eigenvalue weighted by Crippen LogP contribution is -2.40. The standard InChI is InChI=1S/C10H7ClF3NO3S/c11-19(17,18)7-2-1-6-3-4-15(8(6)5-7)9(16)10(12,13)14/h1-2,5H,3-4H2. The summed E-state index contributed by atoms with van der Waals surface area (Å²) in [6.45, 7) is -0.139. The van der Waals surface area contributed by atoms with Crippen molar-refractivity contribution in [3.8, 4) is 0 Å². The maximum Gasteiger partial charge on any atom is 0.471 e. The Hall–Kier alpha value is -1.28. The Labute approximate surface area is 111 Å². The molecule has 0 bridgehead atoms. The van der Waals surface area contributed by atoms with Crippen LogP contribution in [0.5, 0.6) is 0 Å². The minimum Gasteiger partial charge on any atom is -0.304 e. The highest BCUT2D eigenvalue weighted by molar-refractivity contribution is 8.13. The lowest BCUT2D eigenvalue weighted by atomic mass is 10.2. The fraction of sp³-hybridized carbons (Fsp3) is 0.300. The topological polar surface area (TPSA) is 54.5 Å². The quantitative estimate of drug-likeness (QED) is 0.746. The van der Waals surface area contributed by atoms with Gasteiger partial charge in [0.25, 0.3) is 9.05 Å². The summed E-state index contributed by atoms with van der Waals surface area (Å²) in [6.07, 6.45) is -4.77. The van der Waals surface area contributed by atoms with Crippen molar-refractivity contribution in [1.82, 2.24) is 0 Å². The molecule has 0 saturated heterocycles. The van der Waals surface area contributed by atoms with Gasteiger partial charge in [-0.1, -0.05) is 6.07 Å². The maximum atomic E-state index is 12.4. The zero-order valence-corrected chi connectivity index (χ0v) is 10.8. The van der Waals surface area contributed by atoms with Crippen LogP contribution in [0.4, 0.5) is 18.9 Å². The zero-order chi connectivity index (χ0) is 14.4. The average molecular weight is 314 g/mol. The van der Waals surface area contributed by atoms with Crippen molar-refractivity contribution in [3.63, 3.8) is 0 Å². The molecule has 0 unspecified atom stereocenters. The molecule has 0 aliphatic carbocycles. The zero-order valence-electron chi connectivity index (χ0n) is 9.24. The summed E-state index contributed by atoms with van der Waals surface area (Å²) in [5.41, 5.74) is 0.408. The smallest absolute Gasteiger partial charge is 0.304 e. The van der Waals surface area contributed by atoms with Gasteiger partial charge in [0.2, 0.25) is 0 Å². The van der Waals surface area contributed by atoms with Gasteiger partial charge in [-0.3, -0.25) is 4.79 Å². The Morgan fingerprint density at radius 1 is 1.32 bits per heavy atom. The van der Waals surface area contributed by atoms with E-state index in [-0.39, 0.29) is 23.5 Å². The van der Waals surface area contributed by atoms with E-state index in [2.05, 4.69) is 0 Å². The van der Waals surface area contributed by atoms with Crippen LogP contribution in [0.25, 0.3) is 0 Å². The van der Waals surface area contributed by atoms with Crippen molar-refractivity contribution in [3.05, 3.63) is 23.8 Å². The Morgan fingerprint density at radius 3 is 2.47 bits per heavy atom. The van der Waals surface area contributed by atoms with Crippen molar-refractivity contribution in [2.45, 2.75) is 17.5 Å². The summed E-state index contributed by atoms with van der Waals surface area (Å²) in [4.78, 5) is 11.4. The van der Waals surface area contributed by atoms with Crippen LogP contribution in [0.15, 0.2) is 23.1 Å². The molecular formula is C10H7ClF3NO3S. The molecule has 1 aliphatic rings. The van der Waals surface area contributed by atoms with Crippen LogP contribution < -0.4 is 4.90 Å². The van der Waals surface area contributed by atoms with Crippen LogP contribution in [-0.4, -0.2) is 27.0 Å². The lowest BCUT2D eigenvalue weighted by Gasteiger charge is -2.19. The van der Waals surface area contributed by atoms with Crippen LogP contribution in [0.1, 0.15) is 5.56 Å². The molecule has 104 valence electrons. The van der Waals surface area contributed by atoms with E-state index in [0.717, 1.165) is 6.07 Å². The van der Waals surface area contributed by atoms with Crippen LogP contribution >= 0.6 is 10.7 Å². The van der Waals surface area contributed by atoms with Crippen molar-refractivity contribution in [2.75, 3.05) is 11.4 Å². The van der Waals surface area contributed by atoms with E-state index < -0.39 is 21.1 Å². The maximum absolute atomic E-state index is 12.4. The van der Waals surface area contributed by atoms with Gasteiger partial charge in [0.1, 0.15) is 0 Å². The van der Waals surface area contributed by atoms with Gasteiger partial charge in [-0.2, -0.15) is 13.2 Å². The first kappa shape index (κ1) is 14.1. The molecule has 0 fully saturated rings. The second kappa shape index (κ2) is 4.38. The molecule has 4 nitrogen and oxygen atoms in total. The highest BCUT2D eigenvalue weighted by Crippen LogP contribution is 2.34. The number of halogens is 4. The highest BCUT2D eigenvalue weighted by Gasteiger charge is 2.44. The second-order valence-electron chi connectivity index (χ2n) is 3.93. The van der Waals surface area contributed by atoms with Crippen molar-refractivity contribution >= 4 is 31.3 Å². The molecule has 0 N–H and O–H groups in total. The first-order valence-corrected chi connectivity index (χ1v) is 7.38. The second-order valence-corrected chi connectivity index (χ2v) is 6.50. The Morgan fingerprint density at radius 2 is 1.95 bits per heavy atom. The van der Waals surface area contributed by atoms with Gasteiger partial charge in [-0.15, -0.1) is 0 Å². The molecule has 0 aromatic heterocycles. The molecule has 0 saturated carbocycles. The Bertz CT molecular complexity index is 642. The van der Waals surface area contributed by atoms with Gasteiger partial charge in [0.15, 0.2) is 0 Å². The van der Waals surface area contributed by atoms with Crippen molar-refractivity contribution in [2.24, 2.45) is 0 Å². The van der Waals surface area contributed by atoms with Gasteiger partial charge >= 0.3 is 12.1 Å². The van der Waals surface area contributed by atoms with Crippen LogP contribution in [0.2, 0.25) is 0 Å². The molecule has 1 heterocycles.